The van der Waals surface area contributed by atoms with E-state index in [1.165, 1.54) is 0 Å². The lowest BCUT2D eigenvalue weighted by Crippen LogP contribution is -1.88. The Balaban J connectivity index is 2.83. The summed E-state index contributed by atoms with van der Waals surface area (Å²) in [5.41, 5.74) is 1.79. The summed E-state index contributed by atoms with van der Waals surface area (Å²) in [4.78, 5) is 10.8. The minimum Gasteiger partial charge on any atom is -0.496 e. The zero-order chi connectivity index (χ0) is 10.1. The first-order valence-corrected chi connectivity index (χ1v) is 5.16. The summed E-state index contributed by atoms with van der Waals surface area (Å²) in [6.07, 6.45) is 0.894. The van der Waals surface area contributed by atoms with Gasteiger partial charge < -0.3 is 4.74 Å². The topological polar surface area (TPSA) is 26.3 Å². The Bertz CT molecular complexity index is 485. The summed E-state index contributed by atoms with van der Waals surface area (Å²) < 4.78 is 6.34. The highest BCUT2D eigenvalue weighted by atomic mass is 32.1. The predicted octanol–water partition coefficient (Wildman–Crippen LogP) is 3.03. The van der Waals surface area contributed by atoms with E-state index in [1.807, 2.05) is 24.4 Å². The van der Waals surface area contributed by atoms with Crippen molar-refractivity contribution in [3.8, 4) is 5.75 Å². The van der Waals surface area contributed by atoms with Gasteiger partial charge in [-0.05, 0) is 19.1 Å². The molecular formula is C11H10O2S. The number of benzene rings is 1. The summed E-state index contributed by atoms with van der Waals surface area (Å²) in [5.74, 6) is 0.832. The van der Waals surface area contributed by atoms with Gasteiger partial charge in [0, 0.05) is 26.6 Å². The molecule has 0 radical (unpaired) electrons. The normalized spacial score (nSPS) is 10.4. The number of hydrogen-bond acceptors (Lipinski definition) is 3. The third-order valence-electron chi connectivity index (χ3n) is 2.33. The van der Waals surface area contributed by atoms with Crippen molar-refractivity contribution in [2.45, 2.75) is 6.92 Å². The Kier molecular flexibility index (Phi) is 2.25. The van der Waals surface area contributed by atoms with Crippen molar-refractivity contribution in [3.05, 3.63) is 28.6 Å². The fourth-order valence-corrected chi connectivity index (χ4v) is 2.58. The summed E-state index contributed by atoms with van der Waals surface area (Å²) in [7, 11) is 1.64. The highest BCUT2D eigenvalue weighted by Crippen LogP contribution is 2.33. The van der Waals surface area contributed by atoms with E-state index in [0.717, 1.165) is 33.2 Å². The number of fused-ring (bicyclic) bond motifs is 1. The monoisotopic (exact) mass is 206 g/mol. The van der Waals surface area contributed by atoms with Crippen LogP contribution in [0.25, 0.3) is 10.1 Å². The summed E-state index contributed by atoms with van der Waals surface area (Å²) in [5, 5.41) is 2.90. The van der Waals surface area contributed by atoms with Crippen molar-refractivity contribution in [1.29, 1.82) is 0 Å². The summed E-state index contributed by atoms with van der Waals surface area (Å²) >= 11 is 1.59. The standard InChI is InChI=1S/C11H10O2S/c1-7-9(13-2)3-4-10-11(7)8(5-12)6-14-10/h3-6H,1-2H3. The van der Waals surface area contributed by atoms with E-state index >= 15 is 0 Å². The number of hydrogen-bond donors (Lipinski definition) is 0. The van der Waals surface area contributed by atoms with Crippen LogP contribution in [0, 0.1) is 6.92 Å². The van der Waals surface area contributed by atoms with Gasteiger partial charge in [-0.1, -0.05) is 0 Å². The van der Waals surface area contributed by atoms with E-state index in [1.54, 1.807) is 18.4 Å². The molecule has 0 unspecified atom stereocenters. The van der Waals surface area contributed by atoms with Crippen molar-refractivity contribution in [2.24, 2.45) is 0 Å². The Labute approximate surface area is 86.1 Å². The average Bonchev–Trinajstić information content (AvgIpc) is 2.62. The molecule has 14 heavy (non-hydrogen) atoms. The van der Waals surface area contributed by atoms with Gasteiger partial charge in [-0.3, -0.25) is 4.79 Å². The van der Waals surface area contributed by atoms with Crippen LogP contribution in [0.4, 0.5) is 0 Å². The SMILES string of the molecule is COc1ccc2scc(C=O)c2c1C. The molecule has 0 saturated heterocycles. The Morgan fingerprint density at radius 2 is 2.21 bits per heavy atom. The largest absolute Gasteiger partial charge is 0.496 e. The second kappa shape index (κ2) is 3.42. The van der Waals surface area contributed by atoms with Crippen molar-refractivity contribution >= 4 is 27.7 Å². The van der Waals surface area contributed by atoms with Gasteiger partial charge in [-0.25, -0.2) is 0 Å². The van der Waals surface area contributed by atoms with Gasteiger partial charge in [0.1, 0.15) is 5.75 Å². The first kappa shape index (κ1) is 9.21. The van der Waals surface area contributed by atoms with Gasteiger partial charge in [-0.15, -0.1) is 11.3 Å². The highest BCUT2D eigenvalue weighted by molar-refractivity contribution is 7.17. The molecule has 0 fully saturated rings. The van der Waals surface area contributed by atoms with Crippen LogP contribution in [-0.2, 0) is 0 Å². The van der Waals surface area contributed by atoms with Crippen LogP contribution in [0.5, 0.6) is 5.75 Å². The first-order chi connectivity index (χ1) is 6.77. The van der Waals surface area contributed by atoms with Crippen molar-refractivity contribution < 1.29 is 9.53 Å². The molecule has 3 heteroatoms. The maximum absolute atomic E-state index is 10.8. The van der Waals surface area contributed by atoms with Crippen molar-refractivity contribution in [3.63, 3.8) is 0 Å². The number of thiophene rings is 1. The van der Waals surface area contributed by atoms with E-state index in [4.69, 9.17) is 4.74 Å². The molecule has 1 aromatic carbocycles. The number of aldehydes is 1. The van der Waals surface area contributed by atoms with Crippen LogP contribution in [0.3, 0.4) is 0 Å². The molecule has 1 aromatic heterocycles. The number of carbonyl (C=O) groups excluding carboxylic acids is 1. The lowest BCUT2D eigenvalue weighted by Gasteiger charge is -2.05. The number of ether oxygens (including phenoxy) is 1. The minimum atomic E-state index is 0.751. The molecule has 1 heterocycles. The zero-order valence-corrected chi connectivity index (χ0v) is 8.85. The molecule has 2 aromatic rings. The summed E-state index contributed by atoms with van der Waals surface area (Å²) in [6.45, 7) is 1.97. The maximum Gasteiger partial charge on any atom is 0.151 e. The molecule has 0 spiro atoms. The van der Waals surface area contributed by atoms with Gasteiger partial charge in [0.25, 0.3) is 0 Å². The third-order valence-corrected chi connectivity index (χ3v) is 3.29. The molecule has 0 bridgehead atoms. The number of aryl methyl sites for hydroxylation is 1. The highest BCUT2D eigenvalue weighted by Gasteiger charge is 2.09. The van der Waals surface area contributed by atoms with Crippen molar-refractivity contribution in [1.82, 2.24) is 0 Å². The van der Waals surface area contributed by atoms with E-state index in [2.05, 4.69) is 0 Å². The third kappa shape index (κ3) is 1.21. The van der Waals surface area contributed by atoms with Crippen LogP contribution in [0.2, 0.25) is 0 Å². The lowest BCUT2D eigenvalue weighted by molar-refractivity contribution is 0.112. The quantitative estimate of drug-likeness (QED) is 0.706. The Morgan fingerprint density at radius 3 is 2.86 bits per heavy atom. The zero-order valence-electron chi connectivity index (χ0n) is 8.03. The van der Waals surface area contributed by atoms with Gasteiger partial charge >= 0.3 is 0 Å². The van der Waals surface area contributed by atoms with E-state index in [-0.39, 0.29) is 0 Å². The molecule has 0 saturated carbocycles. The molecule has 2 rings (SSSR count). The van der Waals surface area contributed by atoms with Gasteiger partial charge in [0.05, 0.1) is 7.11 Å². The van der Waals surface area contributed by atoms with Crippen LogP contribution in [0.1, 0.15) is 15.9 Å². The fourth-order valence-electron chi connectivity index (χ4n) is 1.62. The van der Waals surface area contributed by atoms with Crippen LogP contribution < -0.4 is 4.74 Å². The molecule has 2 nitrogen and oxygen atoms in total. The fraction of sp³-hybridized carbons (Fsp3) is 0.182. The van der Waals surface area contributed by atoms with Gasteiger partial charge in [0.15, 0.2) is 6.29 Å². The van der Waals surface area contributed by atoms with E-state index in [9.17, 15) is 4.79 Å². The smallest absolute Gasteiger partial charge is 0.151 e. The lowest BCUT2D eigenvalue weighted by atomic mass is 10.1. The second-order valence-electron chi connectivity index (χ2n) is 3.07. The van der Waals surface area contributed by atoms with Crippen molar-refractivity contribution in [2.75, 3.05) is 7.11 Å². The molecule has 0 amide bonds. The first-order valence-electron chi connectivity index (χ1n) is 4.28. The number of methoxy groups -OCH3 is 1. The summed E-state index contributed by atoms with van der Waals surface area (Å²) in [6, 6.07) is 3.92. The molecule has 0 aliphatic heterocycles. The number of rotatable bonds is 2. The predicted molar refractivity (Wildman–Crippen MR) is 58.5 cm³/mol. The molecule has 0 aliphatic rings. The van der Waals surface area contributed by atoms with E-state index < -0.39 is 0 Å². The number of carbonyl (C=O) groups is 1. The van der Waals surface area contributed by atoms with Crippen LogP contribution in [0.15, 0.2) is 17.5 Å². The molecule has 0 N–H and O–H groups in total. The van der Waals surface area contributed by atoms with Crippen LogP contribution >= 0.6 is 11.3 Å². The second-order valence-corrected chi connectivity index (χ2v) is 3.99. The Hall–Kier alpha value is -1.35. The molecular weight excluding hydrogens is 196 g/mol. The minimum absolute atomic E-state index is 0.751. The van der Waals surface area contributed by atoms with E-state index in [0.29, 0.717) is 0 Å². The molecule has 0 atom stereocenters. The molecule has 72 valence electrons. The molecule has 0 aliphatic carbocycles. The van der Waals surface area contributed by atoms with Gasteiger partial charge in [0.2, 0.25) is 0 Å². The van der Waals surface area contributed by atoms with Gasteiger partial charge in [-0.2, -0.15) is 0 Å². The maximum atomic E-state index is 10.8. The Morgan fingerprint density at radius 1 is 1.43 bits per heavy atom. The van der Waals surface area contributed by atoms with Crippen LogP contribution in [-0.4, -0.2) is 13.4 Å². The average molecular weight is 206 g/mol.